The first kappa shape index (κ1) is 12.9. The Morgan fingerprint density at radius 2 is 1.85 bits per heavy atom. The zero-order valence-electron chi connectivity index (χ0n) is 11.0. The summed E-state index contributed by atoms with van der Waals surface area (Å²) in [6, 6.07) is 8.68. The Morgan fingerprint density at radius 1 is 1.15 bits per heavy atom. The number of likely N-dealkylation sites (tertiary alicyclic amines) is 1. The van der Waals surface area contributed by atoms with E-state index < -0.39 is 0 Å². The van der Waals surface area contributed by atoms with Gasteiger partial charge in [0.25, 0.3) is 5.56 Å². The zero-order valence-corrected chi connectivity index (χ0v) is 11.0. The minimum absolute atomic E-state index is 0.292. The van der Waals surface area contributed by atoms with Crippen molar-refractivity contribution in [1.82, 2.24) is 9.47 Å². The molecule has 1 N–H and O–H groups in total. The van der Waals surface area contributed by atoms with Crippen molar-refractivity contribution in [2.45, 2.75) is 18.9 Å². The van der Waals surface area contributed by atoms with Crippen molar-refractivity contribution in [2.75, 3.05) is 13.1 Å². The van der Waals surface area contributed by atoms with Crippen LogP contribution in [-0.2, 0) is 0 Å². The number of hydrogen-bond acceptors (Lipinski definition) is 3. The van der Waals surface area contributed by atoms with Crippen LogP contribution in [0.2, 0.25) is 0 Å². The highest BCUT2D eigenvalue weighted by Gasteiger charge is 2.23. The van der Waals surface area contributed by atoms with Gasteiger partial charge < -0.3 is 10.0 Å². The first-order valence-electron chi connectivity index (χ1n) is 6.74. The molecule has 1 aliphatic rings. The molecule has 5 nitrogen and oxygen atoms in total. The van der Waals surface area contributed by atoms with Crippen LogP contribution >= 0.6 is 0 Å². The highest BCUT2D eigenvalue weighted by Crippen LogP contribution is 2.12. The smallest absolute Gasteiger partial charge is 0.331 e. The molecule has 1 fully saturated rings. The summed E-state index contributed by atoms with van der Waals surface area (Å²) in [5.74, 6) is 0. The third-order valence-electron chi connectivity index (χ3n) is 3.75. The number of fused-ring (bicyclic) bond motifs is 1. The minimum atomic E-state index is -0.340. The molecule has 0 bridgehead atoms. The Balaban J connectivity index is 1.96. The standard InChI is InChI=1S/C15H16N2O3/c18-12-6-8-16(9-7-12)15(20)17-10-5-11-3-1-2-4-13(11)14(17)19/h1-5,10,12,18H,6-9H2. The number of nitrogens with zero attached hydrogens (tertiary/aromatic N) is 2. The van der Waals surface area contributed by atoms with Gasteiger partial charge in [0.2, 0.25) is 0 Å². The second kappa shape index (κ2) is 5.09. The van der Waals surface area contributed by atoms with Gasteiger partial charge in [-0.2, -0.15) is 0 Å². The van der Waals surface area contributed by atoms with Crippen LogP contribution in [0.25, 0.3) is 10.8 Å². The van der Waals surface area contributed by atoms with Crippen LogP contribution in [0.5, 0.6) is 0 Å². The van der Waals surface area contributed by atoms with Gasteiger partial charge in [0, 0.05) is 24.7 Å². The summed E-state index contributed by atoms with van der Waals surface area (Å²) in [6.45, 7) is 0.971. The summed E-state index contributed by atoms with van der Waals surface area (Å²) in [5.41, 5.74) is -0.292. The molecule has 0 spiro atoms. The molecule has 1 amide bonds. The first-order valence-corrected chi connectivity index (χ1v) is 6.74. The summed E-state index contributed by atoms with van der Waals surface area (Å²) in [6.07, 6.45) is 2.31. The molecule has 0 aliphatic carbocycles. The van der Waals surface area contributed by atoms with Crippen molar-refractivity contribution in [3.05, 3.63) is 46.9 Å². The number of carbonyl (C=O) groups is 1. The SMILES string of the molecule is O=C(N1CCC(O)CC1)n1ccc2ccccc2c1=O. The van der Waals surface area contributed by atoms with Gasteiger partial charge in [-0.3, -0.25) is 4.79 Å². The fourth-order valence-electron chi connectivity index (χ4n) is 2.55. The monoisotopic (exact) mass is 272 g/mol. The van der Waals surface area contributed by atoms with E-state index in [2.05, 4.69) is 0 Å². The first-order chi connectivity index (χ1) is 9.66. The van der Waals surface area contributed by atoms with Crippen molar-refractivity contribution >= 4 is 16.8 Å². The summed E-state index contributed by atoms with van der Waals surface area (Å²) in [5, 5.41) is 10.8. The summed E-state index contributed by atoms with van der Waals surface area (Å²) < 4.78 is 1.15. The zero-order chi connectivity index (χ0) is 14.1. The molecule has 1 aliphatic heterocycles. The third kappa shape index (κ3) is 2.20. The van der Waals surface area contributed by atoms with Crippen molar-refractivity contribution in [2.24, 2.45) is 0 Å². The van der Waals surface area contributed by atoms with E-state index in [1.165, 1.54) is 6.20 Å². The van der Waals surface area contributed by atoms with Crippen LogP contribution in [0.1, 0.15) is 12.8 Å². The quantitative estimate of drug-likeness (QED) is 0.789. The second-order valence-corrected chi connectivity index (χ2v) is 5.08. The number of aromatic nitrogens is 1. The van der Waals surface area contributed by atoms with Gasteiger partial charge in [0.1, 0.15) is 0 Å². The number of carbonyl (C=O) groups excluding carboxylic acids is 1. The number of piperidine rings is 1. The Labute approximate surface area is 116 Å². The Kier molecular flexibility index (Phi) is 3.28. The fraction of sp³-hybridized carbons (Fsp3) is 0.333. The molecule has 1 saturated heterocycles. The van der Waals surface area contributed by atoms with Crippen molar-refractivity contribution in [3.8, 4) is 0 Å². The summed E-state index contributed by atoms with van der Waals surface area (Å²) in [7, 11) is 0. The lowest BCUT2D eigenvalue weighted by Gasteiger charge is -2.29. The number of pyridine rings is 1. The van der Waals surface area contributed by atoms with Gasteiger partial charge in [-0.15, -0.1) is 0 Å². The highest BCUT2D eigenvalue weighted by molar-refractivity contribution is 5.85. The fourth-order valence-corrected chi connectivity index (χ4v) is 2.55. The number of rotatable bonds is 0. The predicted octanol–water partition coefficient (Wildman–Crippen LogP) is 1.43. The molecule has 0 unspecified atom stereocenters. The number of hydrogen-bond donors (Lipinski definition) is 1. The molecule has 2 aromatic rings. The van der Waals surface area contributed by atoms with Gasteiger partial charge in [-0.05, 0) is 30.4 Å². The maximum absolute atomic E-state index is 12.4. The van der Waals surface area contributed by atoms with E-state index in [9.17, 15) is 14.7 Å². The molecular formula is C15H16N2O3. The molecular weight excluding hydrogens is 256 g/mol. The van der Waals surface area contributed by atoms with Gasteiger partial charge in [0.05, 0.1) is 6.10 Å². The maximum atomic E-state index is 12.4. The molecule has 0 atom stereocenters. The van der Waals surface area contributed by atoms with Crippen LogP contribution in [0.3, 0.4) is 0 Å². The largest absolute Gasteiger partial charge is 0.393 e. The normalized spacial score (nSPS) is 16.6. The van der Waals surface area contributed by atoms with Crippen molar-refractivity contribution in [3.63, 3.8) is 0 Å². The molecule has 5 heteroatoms. The van der Waals surface area contributed by atoms with Crippen LogP contribution in [0.15, 0.2) is 41.3 Å². The molecule has 0 saturated carbocycles. The van der Waals surface area contributed by atoms with Crippen LogP contribution in [0, 0.1) is 0 Å². The predicted molar refractivity (Wildman–Crippen MR) is 75.8 cm³/mol. The lowest BCUT2D eigenvalue weighted by Crippen LogP contribution is -2.45. The van der Waals surface area contributed by atoms with E-state index in [-0.39, 0.29) is 17.7 Å². The molecule has 20 heavy (non-hydrogen) atoms. The van der Waals surface area contributed by atoms with Gasteiger partial charge in [-0.25, -0.2) is 9.36 Å². The van der Waals surface area contributed by atoms with Crippen LogP contribution in [0.4, 0.5) is 4.79 Å². The summed E-state index contributed by atoms with van der Waals surface area (Å²) in [4.78, 5) is 26.3. The molecule has 3 rings (SSSR count). The minimum Gasteiger partial charge on any atom is -0.393 e. The van der Waals surface area contributed by atoms with E-state index in [1.54, 1.807) is 23.1 Å². The molecule has 2 heterocycles. The van der Waals surface area contributed by atoms with Gasteiger partial charge >= 0.3 is 6.03 Å². The van der Waals surface area contributed by atoms with Crippen LogP contribution < -0.4 is 5.56 Å². The molecule has 1 aromatic carbocycles. The third-order valence-corrected chi connectivity index (χ3v) is 3.75. The lowest BCUT2D eigenvalue weighted by molar-refractivity contribution is 0.0939. The van der Waals surface area contributed by atoms with Crippen LogP contribution in [-0.4, -0.2) is 39.8 Å². The van der Waals surface area contributed by atoms with Crippen molar-refractivity contribution in [1.29, 1.82) is 0 Å². The van der Waals surface area contributed by atoms with E-state index in [4.69, 9.17) is 0 Å². The lowest BCUT2D eigenvalue weighted by atomic mass is 10.1. The molecule has 1 aromatic heterocycles. The summed E-state index contributed by atoms with van der Waals surface area (Å²) >= 11 is 0. The number of aliphatic hydroxyl groups is 1. The Bertz CT molecular complexity index is 700. The number of benzene rings is 1. The average Bonchev–Trinajstić information content (AvgIpc) is 2.48. The Morgan fingerprint density at radius 3 is 2.60 bits per heavy atom. The maximum Gasteiger partial charge on any atom is 0.331 e. The van der Waals surface area contributed by atoms with E-state index >= 15 is 0 Å². The number of amides is 1. The molecule has 0 radical (unpaired) electrons. The highest BCUT2D eigenvalue weighted by atomic mass is 16.3. The van der Waals surface area contributed by atoms with Crippen molar-refractivity contribution < 1.29 is 9.90 Å². The van der Waals surface area contributed by atoms with E-state index in [1.807, 2.05) is 12.1 Å². The number of aliphatic hydroxyl groups excluding tert-OH is 1. The van der Waals surface area contributed by atoms with E-state index in [0.29, 0.717) is 31.3 Å². The second-order valence-electron chi connectivity index (χ2n) is 5.08. The Hall–Kier alpha value is -2.14. The topological polar surface area (TPSA) is 62.5 Å². The van der Waals surface area contributed by atoms with E-state index in [0.717, 1.165) is 9.95 Å². The van der Waals surface area contributed by atoms with Gasteiger partial charge in [-0.1, -0.05) is 18.2 Å². The van der Waals surface area contributed by atoms with Gasteiger partial charge in [0.15, 0.2) is 0 Å². The average molecular weight is 272 g/mol. The molecule has 104 valence electrons.